The Kier molecular flexibility index (Phi) is 6.74. The summed E-state index contributed by atoms with van der Waals surface area (Å²) in [6.07, 6.45) is 2.19. The molecule has 0 aliphatic heterocycles. The highest BCUT2D eigenvalue weighted by molar-refractivity contribution is 7.14. The Balaban J connectivity index is 2.64. The van der Waals surface area contributed by atoms with E-state index in [2.05, 4.69) is 52.9 Å². The van der Waals surface area contributed by atoms with Gasteiger partial charge in [-0.25, -0.2) is 0 Å². The normalized spacial score (nSPS) is 11.7. The van der Waals surface area contributed by atoms with Crippen molar-refractivity contribution in [3.8, 4) is 0 Å². The number of carbonyl (C=O) groups is 1. The second kappa shape index (κ2) is 7.82. The van der Waals surface area contributed by atoms with Crippen LogP contribution in [0.4, 0.5) is 0 Å². The third-order valence-corrected chi connectivity index (χ3v) is 5.07. The van der Waals surface area contributed by atoms with Crippen molar-refractivity contribution in [2.24, 2.45) is 17.8 Å². The van der Waals surface area contributed by atoms with Crippen LogP contribution in [0.3, 0.4) is 0 Å². The van der Waals surface area contributed by atoms with E-state index in [4.69, 9.17) is 0 Å². The number of hydrogen-bond donors (Lipinski definition) is 1. The standard InChI is InChI=1S/C17H29NOS/c1-7-8-14-9-16(20-13(14)6)17(19)18-10-15(11(2)3)12(4)5/h9,11-12,15H,7-8,10H2,1-6H3,(H,18,19). The van der Waals surface area contributed by atoms with Crippen LogP contribution in [0.5, 0.6) is 0 Å². The Morgan fingerprint density at radius 1 is 1.25 bits per heavy atom. The third-order valence-electron chi connectivity index (χ3n) is 3.97. The zero-order chi connectivity index (χ0) is 15.3. The Morgan fingerprint density at radius 2 is 1.85 bits per heavy atom. The molecular formula is C17H29NOS. The highest BCUT2D eigenvalue weighted by Crippen LogP contribution is 2.23. The molecule has 0 spiro atoms. The molecule has 0 saturated carbocycles. The summed E-state index contributed by atoms with van der Waals surface area (Å²) in [5.41, 5.74) is 1.33. The lowest BCUT2D eigenvalue weighted by Crippen LogP contribution is -2.33. The topological polar surface area (TPSA) is 29.1 Å². The van der Waals surface area contributed by atoms with Crippen molar-refractivity contribution in [1.29, 1.82) is 0 Å². The summed E-state index contributed by atoms with van der Waals surface area (Å²) in [4.78, 5) is 14.4. The van der Waals surface area contributed by atoms with Crippen molar-refractivity contribution in [3.05, 3.63) is 21.4 Å². The van der Waals surface area contributed by atoms with Crippen LogP contribution >= 0.6 is 11.3 Å². The molecule has 0 bridgehead atoms. The average Bonchev–Trinajstić information content (AvgIpc) is 2.71. The SMILES string of the molecule is CCCc1cc(C(=O)NCC(C(C)C)C(C)C)sc1C. The molecule has 1 amide bonds. The van der Waals surface area contributed by atoms with Gasteiger partial charge < -0.3 is 5.32 Å². The van der Waals surface area contributed by atoms with E-state index in [1.165, 1.54) is 10.4 Å². The predicted octanol–water partition coefficient (Wildman–Crippen LogP) is 4.67. The third kappa shape index (κ3) is 4.62. The van der Waals surface area contributed by atoms with Crippen LogP contribution in [0.25, 0.3) is 0 Å². The van der Waals surface area contributed by atoms with E-state index in [1.807, 2.05) is 0 Å². The number of nitrogens with one attached hydrogen (secondary N) is 1. The summed E-state index contributed by atoms with van der Waals surface area (Å²) in [6.45, 7) is 14.0. The number of hydrogen-bond acceptors (Lipinski definition) is 2. The molecule has 0 unspecified atom stereocenters. The molecule has 0 saturated heterocycles. The molecule has 114 valence electrons. The van der Waals surface area contributed by atoms with E-state index < -0.39 is 0 Å². The van der Waals surface area contributed by atoms with E-state index in [1.54, 1.807) is 11.3 Å². The van der Waals surface area contributed by atoms with Crippen molar-refractivity contribution < 1.29 is 4.79 Å². The fraction of sp³-hybridized carbons (Fsp3) is 0.706. The summed E-state index contributed by atoms with van der Waals surface area (Å²) in [5, 5.41) is 3.12. The molecule has 20 heavy (non-hydrogen) atoms. The van der Waals surface area contributed by atoms with Crippen LogP contribution in [-0.4, -0.2) is 12.5 Å². The first-order chi connectivity index (χ1) is 9.36. The number of rotatable bonds is 7. The first-order valence-corrected chi connectivity index (χ1v) is 8.55. The monoisotopic (exact) mass is 295 g/mol. The van der Waals surface area contributed by atoms with Gasteiger partial charge in [0.1, 0.15) is 0 Å². The Hall–Kier alpha value is -0.830. The van der Waals surface area contributed by atoms with Crippen LogP contribution < -0.4 is 5.32 Å². The maximum atomic E-state index is 12.3. The van der Waals surface area contributed by atoms with Crippen molar-refractivity contribution in [2.75, 3.05) is 6.54 Å². The number of thiophene rings is 1. The molecular weight excluding hydrogens is 266 g/mol. The lowest BCUT2D eigenvalue weighted by atomic mass is 9.85. The minimum atomic E-state index is 0.0896. The van der Waals surface area contributed by atoms with Crippen LogP contribution in [0.2, 0.25) is 0 Å². The van der Waals surface area contributed by atoms with Gasteiger partial charge in [0, 0.05) is 11.4 Å². The first-order valence-electron chi connectivity index (χ1n) is 7.74. The minimum Gasteiger partial charge on any atom is -0.351 e. The van der Waals surface area contributed by atoms with Crippen molar-refractivity contribution >= 4 is 17.2 Å². The van der Waals surface area contributed by atoms with Gasteiger partial charge in [0.2, 0.25) is 0 Å². The molecule has 1 aromatic heterocycles. The van der Waals surface area contributed by atoms with Gasteiger partial charge in [0.15, 0.2) is 0 Å². The minimum absolute atomic E-state index is 0.0896. The lowest BCUT2D eigenvalue weighted by molar-refractivity contribution is 0.0941. The fourth-order valence-corrected chi connectivity index (χ4v) is 3.68. The summed E-state index contributed by atoms with van der Waals surface area (Å²) >= 11 is 1.62. The van der Waals surface area contributed by atoms with Crippen molar-refractivity contribution in [1.82, 2.24) is 5.32 Å². The second-order valence-corrected chi connectivity index (χ2v) is 7.56. The van der Waals surface area contributed by atoms with Crippen LogP contribution in [0.15, 0.2) is 6.07 Å². The van der Waals surface area contributed by atoms with E-state index >= 15 is 0 Å². The van der Waals surface area contributed by atoms with E-state index in [-0.39, 0.29) is 5.91 Å². The maximum absolute atomic E-state index is 12.3. The average molecular weight is 295 g/mol. The molecule has 0 aliphatic rings. The molecule has 1 aromatic rings. The number of carbonyl (C=O) groups excluding carboxylic acids is 1. The largest absolute Gasteiger partial charge is 0.351 e. The first kappa shape index (κ1) is 17.2. The van der Waals surface area contributed by atoms with Crippen molar-refractivity contribution in [3.63, 3.8) is 0 Å². The van der Waals surface area contributed by atoms with Gasteiger partial charge >= 0.3 is 0 Å². The summed E-state index contributed by atoms with van der Waals surface area (Å²) < 4.78 is 0. The van der Waals surface area contributed by atoms with Gasteiger partial charge in [-0.2, -0.15) is 0 Å². The van der Waals surface area contributed by atoms with Gasteiger partial charge in [-0.1, -0.05) is 41.0 Å². The summed E-state index contributed by atoms with van der Waals surface area (Å²) in [6, 6.07) is 2.07. The second-order valence-electron chi connectivity index (χ2n) is 6.30. The molecule has 0 aromatic carbocycles. The zero-order valence-corrected chi connectivity index (χ0v) is 14.6. The summed E-state index contributed by atoms with van der Waals surface area (Å²) in [7, 11) is 0. The Labute approximate surface area is 128 Å². The molecule has 1 rings (SSSR count). The summed E-state index contributed by atoms with van der Waals surface area (Å²) in [5.74, 6) is 1.81. The van der Waals surface area contributed by atoms with Crippen LogP contribution in [-0.2, 0) is 6.42 Å². The number of amides is 1. The number of aryl methyl sites for hydroxylation is 2. The fourth-order valence-electron chi connectivity index (χ4n) is 2.69. The van der Waals surface area contributed by atoms with Crippen LogP contribution in [0.1, 0.15) is 61.2 Å². The Bertz CT molecular complexity index is 426. The zero-order valence-electron chi connectivity index (χ0n) is 13.7. The maximum Gasteiger partial charge on any atom is 0.261 e. The van der Waals surface area contributed by atoms with Gasteiger partial charge in [-0.3, -0.25) is 4.79 Å². The highest BCUT2D eigenvalue weighted by Gasteiger charge is 2.19. The molecule has 0 atom stereocenters. The predicted molar refractivity (Wildman–Crippen MR) is 88.6 cm³/mol. The Morgan fingerprint density at radius 3 is 2.35 bits per heavy atom. The lowest BCUT2D eigenvalue weighted by Gasteiger charge is -2.24. The quantitative estimate of drug-likeness (QED) is 0.778. The highest BCUT2D eigenvalue weighted by atomic mass is 32.1. The van der Waals surface area contributed by atoms with E-state index in [0.29, 0.717) is 17.8 Å². The van der Waals surface area contributed by atoms with E-state index in [9.17, 15) is 4.79 Å². The van der Waals surface area contributed by atoms with Crippen molar-refractivity contribution in [2.45, 2.75) is 54.4 Å². The van der Waals surface area contributed by atoms with Gasteiger partial charge in [0.05, 0.1) is 4.88 Å². The molecule has 3 heteroatoms. The molecule has 0 fully saturated rings. The van der Waals surface area contributed by atoms with Crippen LogP contribution in [0, 0.1) is 24.7 Å². The smallest absolute Gasteiger partial charge is 0.261 e. The molecule has 0 radical (unpaired) electrons. The van der Waals surface area contributed by atoms with Gasteiger partial charge in [0.25, 0.3) is 5.91 Å². The molecule has 1 heterocycles. The molecule has 2 nitrogen and oxygen atoms in total. The molecule has 0 aliphatic carbocycles. The van der Waals surface area contributed by atoms with Gasteiger partial charge in [-0.15, -0.1) is 11.3 Å². The van der Waals surface area contributed by atoms with Gasteiger partial charge in [-0.05, 0) is 42.7 Å². The molecule has 1 N–H and O–H groups in total. The van der Waals surface area contributed by atoms with E-state index in [0.717, 1.165) is 24.3 Å².